The predicted molar refractivity (Wildman–Crippen MR) is 75.8 cm³/mol. The molecule has 0 aliphatic rings. The number of anilines is 1. The SMILES string of the molecule is CCC(C)c1ccc(-c2nc(NC)cs2)cc1. The zero-order valence-electron chi connectivity index (χ0n) is 10.5. The first kappa shape index (κ1) is 12.1. The molecule has 0 spiro atoms. The minimum atomic E-state index is 0.633. The van der Waals surface area contributed by atoms with E-state index in [4.69, 9.17) is 0 Å². The maximum atomic E-state index is 4.50. The number of aromatic nitrogens is 1. The molecular weight excluding hydrogens is 228 g/mol. The molecule has 0 saturated heterocycles. The van der Waals surface area contributed by atoms with E-state index in [1.807, 2.05) is 12.4 Å². The van der Waals surface area contributed by atoms with Crippen LogP contribution in [0.3, 0.4) is 0 Å². The summed E-state index contributed by atoms with van der Waals surface area (Å²) >= 11 is 1.67. The van der Waals surface area contributed by atoms with E-state index in [1.54, 1.807) is 11.3 Å². The van der Waals surface area contributed by atoms with Crippen molar-refractivity contribution in [2.75, 3.05) is 12.4 Å². The smallest absolute Gasteiger partial charge is 0.137 e. The summed E-state index contributed by atoms with van der Waals surface area (Å²) in [5.74, 6) is 1.57. The van der Waals surface area contributed by atoms with Gasteiger partial charge in [0.15, 0.2) is 0 Å². The monoisotopic (exact) mass is 246 g/mol. The molecule has 2 rings (SSSR count). The van der Waals surface area contributed by atoms with Crippen molar-refractivity contribution in [3.63, 3.8) is 0 Å². The molecule has 0 radical (unpaired) electrons. The highest BCUT2D eigenvalue weighted by atomic mass is 32.1. The molecule has 3 heteroatoms. The molecule has 0 saturated carbocycles. The quantitative estimate of drug-likeness (QED) is 0.866. The van der Waals surface area contributed by atoms with Crippen molar-refractivity contribution < 1.29 is 0 Å². The summed E-state index contributed by atoms with van der Waals surface area (Å²) in [6.07, 6.45) is 1.18. The molecule has 1 atom stereocenters. The standard InChI is InChI=1S/C14H18N2S/c1-4-10(2)11-5-7-12(8-6-11)14-16-13(15-3)9-17-14/h5-10,15H,4H2,1-3H3. The molecule has 0 aliphatic heterocycles. The van der Waals surface area contributed by atoms with Gasteiger partial charge in [0.05, 0.1) is 0 Å². The summed E-state index contributed by atoms with van der Waals surface area (Å²) in [5.41, 5.74) is 2.60. The lowest BCUT2D eigenvalue weighted by molar-refractivity contribution is 0.734. The molecular formula is C14H18N2S. The number of hydrogen-bond donors (Lipinski definition) is 1. The maximum Gasteiger partial charge on any atom is 0.137 e. The van der Waals surface area contributed by atoms with E-state index in [-0.39, 0.29) is 0 Å². The minimum absolute atomic E-state index is 0.633. The molecule has 1 aromatic heterocycles. The minimum Gasteiger partial charge on any atom is -0.372 e. The number of rotatable bonds is 4. The highest BCUT2D eigenvalue weighted by Gasteiger charge is 2.06. The van der Waals surface area contributed by atoms with Gasteiger partial charge in [-0.3, -0.25) is 0 Å². The van der Waals surface area contributed by atoms with E-state index >= 15 is 0 Å². The largest absolute Gasteiger partial charge is 0.372 e. The maximum absolute atomic E-state index is 4.50. The lowest BCUT2D eigenvalue weighted by atomic mass is 9.98. The average molecular weight is 246 g/mol. The Morgan fingerprint density at radius 3 is 2.53 bits per heavy atom. The Balaban J connectivity index is 2.22. The number of hydrogen-bond acceptors (Lipinski definition) is 3. The highest BCUT2D eigenvalue weighted by molar-refractivity contribution is 7.13. The summed E-state index contributed by atoms with van der Waals surface area (Å²) in [6, 6.07) is 8.76. The van der Waals surface area contributed by atoms with Gasteiger partial charge in [0, 0.05) is 18.0 Å². The molecule has 17 heavy (non-hydrogen) atoms. The van der Waals surface area contributed by atoms with E-state index in [0.717, 1.165) is 10.8 Å². The normalized spacial score (nSPS) is 12.4. The molecule has 0 amide bonds. The second-order valence-corrected chi connectivity index (χ2v) is 5.08. The van der Waals surface area contributed by atoms with Crippen LogP contribution in [0, 0.1) is 0 Å². The van der Waals surface area contributed by atoms with Crippen molar-refractivity contribution in [2.24, 2.45) is 0 Å². The zero-order chi connectivity index (χ0) is 12.3. The van der Waals surface area contributed by atoms with Gasteiger partial charge >= 0.3 is 0 Å². The average Bonchev–Trinajstić information content (AvgIpc) is 2.87. The molecule has 2 aromatic rings. The first-order valence-corrected chi connectivity index (χ1v) is 6.86. The first-order chi connectivity index (χ1) is 8.24. The van der Waals surface area contributed by atoms with Crippen molar-refractivity contribution in [1.29, 1.82) is 0 Å². The van der Waals surface area contributed by atoms with Crippen molar-refractivity contribution in [3.8, 4) is 10.6 Å². The third-order valence-electron chi connectivity index (χ3n) is 3.10. The second-order valence-electron chi connectivity index (χ2n) is 4.22. The van der Waals surface area contributed by atoms with Crippen LogP contribution in [0.1, 0.15) is 31.7 Å². The first-order valence-electron chi connectivity index (χ1n) is 5.98. The Hall–Kier alpha value is -1.35. The van der Waals surface area contributed by atoms with E-state index in [2.05, 4.69) is 48.4 Å². The molecule has 0 fully saturated rings. The van der Waals surface area contributed by atoms with Crippen LogP contribution in [0.25, 0.3) is 10.6 Å². The Morgan fingerprint density at radius 2 is 2.00 bits per heavy atom. The van der Waals surface area contributed by atoms with E-state index in [0.29, 0.717) is 5.92 Å². The molecule has 0 aliphatic carbocycles. The Morgan fingerprint density at radius 1 is 1.29 bits per heavy atom. The van der Waals surface area contributed by atoms with Crippen molar-refractivity contribution in [2.45, 2.75) is 26.2 Å². The van der Waals surface area contributed by atoms with Gasteiger partial charge in [-0.15, -0.1) is 11.3 Å². The van der Waals surface area contributed by atoms with Crippen LogP contribution in [0.4, 0.5) is 5.82 Å². The van der Waals surface area contributed by atoms with Gasteiger partial charge in [-0.2, -0.15) is 0 Å². The molecule has 1 N–H and O–H groups in total. The van der Waals surface area contributed by atoms with Crippen LogP contribution >= 0.6 is 11.3 Å². The highest BCUT2D eigenvalue weighted by Crippen LogP contribution is 2.27. The van der Waals surface area contributed by atoms with Gasteiger partial charge in [-0.1, -0.05) is 38.1 Å². The van der Waals surface area contributed by atoms with Crippen LogP contribution in [-0.2, 0) is 0 Å². The number of nitrogens with one attached hydrogen (secondary N) is 1. The predicted octanol–water partition coefficient (Wildman–Crippen LogP) is 4.37. The fraction of sp³-hybridized carbons (Fsp3) is 0.357. The van der Waals surface area contributed by atoms with Crippen molar-refractivity contribution in [1.82, 2.24) is 4.98 Å². The topological polar surface area (TPSA) is 24.9 Å². The van der Waals surface area contributed by atoms with Crippen LogP contribution in [0.15, 0.2) is 29.6 Å². The molecule has 2 nitrogen and oxygen atoms in total. The summed E-state index contributed by atoms with van der Waals surface area (Å²) in [4.78, 5) is 4.50. The van der Waals surface area contributed by atoms with Crippen LogP contribution in [0.5, 0.6) is 0 Å². The number of thiazole rings is 1. The summed E-state index contributed by atoms with van der Waals surface area (Å²) in [7, 11) is 1.89. The summed E-state index contributed by atoms with van der Waals surface area (Å²) in [5, 5.41) is 6.17. The van der Waals surface area contributed by atoms with Crippen LogP contribution < -0.4 is 5.32 Å². The third-order valence-corrected chi connectivity index (χ3v) is 3.99. The molecule has 0 bridgehead atoms. The molecule has 1 heterocycles. The Bertz CT molecular complexity index is 473. The van der Waals surface area contributed by atoms with E-state index in [1.165, 1.54) is 17.5 Å². The number of benzene rings is 1. The summed E-state index contributed by atoms with van der Waals surface area (Å²) in [6.45, 7) is 4.48. The van der Waals surface area contributed by atoms with Crippen LogP contribution in [-0.4, -0.2) is 12.0 Å². The van der Waals surface area contributed by atoms with Gasteiger partial charge < -0.3 is 5.32 Å². The van der Waals surface area contributed by atoms with Gasteiger partial charge in [-0.05, 0) is 17.9 Å². The Kier molecular flexibility index (Phi) is 3.79. The van der Waals surface area contributed by atoms with Crippen molar-refractivity contribution >= 4 is 17.2 Å². The number of nitrogens with zero attached hydrogens (tertiary/aromatic N) is 1. The van der Waals surface area contributed by atoms with Gasteiger partial charge in [-0.25, -0.2) is 4.98 Å². The van der Waals surface area contributed by atoms with E-state index < -0.39 is 0 Å². The second kappa shape index (κ2) is 5.32. The molecule has 90 valence electrons. The lowest BCUT2D eigenvalue weighted by Gasteiger charge is -2.08. The van der Waals surface area contributed by atoms with Gasteiger partial charge in [0.2, 0.25) is 0 Å². The zero-order valence-corrected chi connectivity index (χ0v) is 11.3. The van der Waals surface area contributed by atoms with Crippen LogP contribution in [0.2, 0.25) is 0 Å². The summed E-state index contributed by atoms with van der Waals surface area (Å²) < 4.78 is 0. The third kappa shape index (κ3) is 2.67. The lowest BCUT2D eigenvalue weighted by Crippen LogP contribution is -1.91. The molecule has 1 unspecified atom stereocenters. The molecule has 1 aromatic carbocycles. The fourth-order valence-electron chi connectivity index (χ4n) is 1.71. The van der Waals surface area contributed by atoms with Crippen molar-refractivity contribution in [3.05, 3.63) is 35.2 Å². The van der Waals surface area contributed by atoms with Gasteiger partial charge in [0.1, 0.15) is 10.8 Å². The van der Waals surface area contributed by atoms with Gasteiger partial charge in [0.25, 0.3) is 0 Å². The Labute approximate surface area is 107 Å². The fourth-order valence-corrected chi connectivity index (χ4v) is 2.53. The van der Waals surface area contributed by atoms with E-state index in [9.17, 15) is 0 Å².